The SMILES string of the molecule is COc1ccc(NC(=O)c2ccccc2-c2ccc(C(F)(F)F)cc2)c(OC)c1. The molecule has 0 saturated carbocycles. The first-order valence-corrected chi connectivity index (χ1v) is 8.63. The molecule has 150 valence electrons. The summed E-state index contributed by atoms with van der Waals surface area (Å²) in [5.41, 5.74) is 1.05. The topological polar surface area (TPSA) is 47.6 Å². The number of hydrogen-bond acceptors (Lipinski definition) is 3. The molecule has 3 aromatic rings. The molecule has 1 N–H and O–H groups in total. The molecule has 1 amide bonds. The Labute approximate surface area is 165 Å². The highest BCUT2D eigenvalue weighted by Crippen LogP contribution is 2.33. The average Bonchev–Trinajstić information content (AvgIpc) is 2.73. The molecule has 0 spiro atoms. The fraction of sp³-hybridized carbons (Fsp3) is 0.136. The number of methoxy groups -OCH3 is 2. The molecule has 3 aromatic carbocycles. The van der Waals surface area contributed by atoms with Gasteiger partial charge in [-0.1, -0.05) is 30.3 Å². The predicted molar refractivity (Wildman–Crippen MR) is 104 cm³/mol. The van der Waals surface area contributed by atoms with Crippen molar-refractivity contribution in [3.05, 3.63) is 77.9 Å². The largest absolute Gasteiger partial charge is 0.497 e. The van der Waals surface area contributed by atoms with E-state index >= 15 is 0 Å². The monoisotopic (exact) mass is 401 g/mol. The van der Waals surface area contributed by atoms with E-state index in [1.54, 1.807) is 42.5 Å². The minimum absolute atomic E-state index is 0.324. The van der Waals surface area contributed by atoms with Crippen LogP contribution < -0.4 is 14.8 Å². The molecule has 3 rings (SSSR count). The van der Waals surface area contributed by atoms with Gasteiger partial charge in [-0.15, -0.1) is 0 Å². The van der Waals surface area contributed by atoms with Crippen molar-refractivity contribution in [1.29, 1.82) is 0 Å². The van der Waals surface area contributed by atoms with Crippen LogP contribution >= 0.6 is 0 Å². The van der Waals surface area contributed by atoms with E-state index in [2.05, 4.69) is 5.32 Å². The standard InChI is InChI=1S/C22H18F3NO3/c1-28-16-11-12-19(20(13-16)29-2)26-21(27)18-6-4-3-5-17(18)14-7-9-15(10-8-14)22(23,24)25/h3-13H,1-2H3,(H,26,27). The van der Waals surface area contributed by atoms with E-state index in [4.69, 9.17) is 9.47 Å². The molecular formula is C22H18F3NO3. The summed E-state index contributed by atoms with van der Waals surface area (Å²) in [6, 6.07) is 16.4. The van der Waals surface area contributed by atoms with Crippen LogP contribution in [0.4, 0.5) is 18.9 Å². The maximum atomic E-state index is 12.9. The van der Waals surface area contributed by atoms with Gasteiger partial charge in [0.25, 0.3) is 5.91 Å². The van der Waals surface area contributed by atoms with Gasteiger partial charge in [-0.05, 0) is 41.5 Å². The second-order valence-electron chi connectivity index (χ2n) is 6.14. The van der Waals surface area contributed by atoms with Crippen molar-refractivity contribution in [2.24, 2.45) is 0 Å². The number of carbonyl (C=O) groups excluding carboxylic acids is 1. The Morgan fingerprint density at radius 1 is 0.897 bits per heavy atom. The van der Waals surface area contributed by atoms with Gasteiger partial charge in [0.15, 0.2) is 0 Å². The maximum Gasteiger partial charge on any atom is 0.416 e. The van der Waals surface area contributed by atoms with E-state index in [1.165, 1.54) is 26.4 Å². The summed E-state index contributed by atoms with van der Waals surface area (Å²) in [4.78, 5) is 12.9. The Morgan fingerprint density at radius 3 is 2.21 bits per heavy atom. The smallest absolute Gasteiger partial charge is 0.416 e. The van der Waals surface area contributed by atoms with E-state index in [0.717, 1.165) is 12.1 Å². The third-order valence-corrected chi connectivity index (χ3v) is 4.35. The van der Waals surface area contributed by atoms with Gasteiger partial charge in [0.2, 0.25) is 0 Å². The number of halogens is 3. The lowest BCUT2D eigenvalue weighted by molar-refractivity contribution is -0.137. The molecule has 7 heteroatoms. The minimum atomic E-state index is -4.42. The highest BCUT2D eigenvalue weighted by atomic mass is 19.4. The summed E-state index contributed by atoms with van der Waals surface area (Å²) in [6.07, 6.45) is -4.42. The number of hydrogen-bond donors (Lipinski definition) is 1. The molecule has 0 unspecified atom stereocenters. The maximum absolute atomic E-state index is 12.9. The van der Waals surface area contributed by atoms with Crippen molar-refractivity contribution in [2.45, 2.75) is 6.18 Å². The number of nitrogens with one attached hydrogen (secondary N) is 1. The molecule has 0 radical (unpaired) electrons. The van der Waals surface area contributed by atoms with Crippen LogP contribution in [-0.4, -0.2) is 20.1 Å². The van der Waals surface area contributed by atoms with Gasteiger partial charge in [0.1, 0.15) is 11.5 Å². The molecular weight excluding hydrogens is 383 g/mol. The fourth-order valence-corrected chi connectivity index (χ4v) is 2.86. The summed E-state index contributed by atoms with van der Waals surface area (Å²) in [5.74, 6) is 0.582. The summed E-state index contributed by atoms with van der Waals surface area (Å²) in [6.45, 7) is 0. The second kappa shape index (κ2) is 8.26. The Bertz CT molecular complexity index is 1010. The lowest BCUT2D eigenvalue weighted by Gasteiger charge is -2.14. The van der Waals surface area contributed by atoms with Gasteiger partial charge in [-0.3, -0.25) is 4.79 Å². The summed E-state index contributed by atoms with van der Waals surface area (Å²) >= 11 is 0. The number of benzene rings is 3. The number of alkyl halides is 3. The molecule has 0 atom stereocenters. The Balaban J connectivity index is 1.92. The van der Waals surface area contributed by atoms with Gasteiger partial charge in [-0.25, -0.2) is 0 Å². The third-order valence-electron chi connectivity index (χ3n) is 4.35. The molecule has 0 heterocycles. The normalized spacial score (nSPS) is 11.1. The molecule has 4 nitrogen and oxygen atoms in total. The number of ether oxygens (including phenoxy) is 2. The van der Waals surface area contributed by atoms with Crippen LogP contribution in [0.2, 0.25) is 0 Å². The zero-order chi connectivity index (χ0) is 21.0. The lowest BCUT2D eigenvalue weighted by Crippen LogP contribution is -2.14. The van der Waals surface area contributed by atoms with Crippen LogP contribution in [0, 0.1) is 0 Å². The number of amides is 1. The van der Waals surface area contributed by atoms with E-state index in [9.17, 15) is 18.0 Å². The highest BCUT2D eigenvalue weighted by Gasteiger charge is 2.30. The first-order chi connectivity index (χ1) is 13.8. The van der Waals surface area contributed by atoms with E-state index in [1.807, 2.05) is 0 Å². The zero-order valence-electron chi connectivity index (χ0n) is 15.7. The van der Waals surface area contributed by atoms with Crippen molar-refractivity contribution in [2.75, 3.05) is 19.5 Å². The van der Waals surface area contributed by atoms with Crippen LogP contribution in [0.5, 0.6) is 11.5 Å². The molecule has 0 aliphatic rings. The Hall–Kier alpha value is -3.48. The Morgan fingerprint density at radius 2 is 1.59 bits per heavy atom. The highest BCUT2D eigenvalue weighted by molar-refractivity contribution is 6.09. The van der Waals surface area contributed by atoms with Gasteiger partial charge < -0.3 is 14.8 Å². The van der Waals surface area contributed by atoms with Crippen molar-refractivity contribution in [1.82, 2.24) is 0 Å². The van der Waals surface area contributed by atoms with Gasteiger partial charge in [0, 0.05) is 11.6 Å². The van der Waals surface area contributed by atoms with Crippen molar-refractivity contribution >= 4 is 11.6 Å². The first-order valence-electron chi connectivity index (χ1n) is 8.63. The van der Waals surface area contributed by atoms with Crippen molar-refractivity contribution in [3.8, 4) is 22.6 Å². The van der Waals surface area contributed by atoms with Crippen molar-refractivity contribution in [3.63, 3.8) is 0 Å². The fourth-order valence-electron chi connectivity index (χ4n) is 2.86. The van der Waals surface area contributed by atoms with E-state index < -0.39 is 17.6 Å². The van der Waals surface area contributed by atoms with Crippen LogP contribution in [0.1, 0.15) is 15.9 Å². The second-order valence-corrected chi connectivity index (χ2v) is 6.14. The van der Waals surface area contributed by atoms with E-state index in [-0.39, 0.29) is 0 Å². The van der Waals surface area contributed by atoms with Gasteiger partial charge >= 0.3 is 6.18 Å². The molecule has 29 heavy (non-hydrogen) atoms. The van der Waals surface area contributed by atoms with Crippen molar-refractivity contribution < 1.29 is 27.4 Å². The Kier molecular flexibility index (Phi) is 5.77. The molecule has 0 saturated heterocycles. The summed E-state index contributed by atoms with van der Waals surface area (Å²) < 4.78 is 48.9. The molecule has 0 fully saturated rings. The summed E-state index contributed by atoms with van der Waals surface area (Å²) in [5, 5.41) is 2.78. The quantitative estimate of drug-likeness (QED) is 0.602. The van der Waals surface area contributed by atoms with Crippen LogP contribution in [0.15, 0.2) is 66.7 Å². The van der Waals surface area contributed by atoms with Crippen LogP contribution in [0.25, 0.3) is 11.1 Å². The molecule has 0 aliphatic heterocycles. The lowest BCUT2D eigenvalue weighted by atomic mass is 9.98. The van der Waals surface area contributed by atoms with Crippen LogP contribution in [-0.2, 0) is 6.18 Å². The van der Waals surface area contributed by atoms with E-state index in [0.29, 0.717) is 33.9 Å². The minimum Gasteiger partial charge on any atom is -0.497 e. The summed E-state index contributed by atoms with van der Waals surface area (Å²) in [7, 11) is 2.99. The first kappa shape index (κ1) is 20.3. The zero-order valence-corrected chi connectivity index (χ0v) is 15.7. The van der Waals surface area contributed by atoms with Gasteiger partial charge in [-0.2, -0.15) is 13.2 Å². The number of anilines is 1. The molecule has 0 aromatic heterocycles. The third kappa shape index (κ3) is 4.51. The molecule has 0 bridgehead atoms. The number of carbonyl (C=O) groups is 1. The number of rotatable bonds is 5. The molecule has 0 aliphatic carbocycles. The predicted octanol–water partition coefficient (Wildman–Crippen LogP) is 5.64. The average molecular weight is 401 g/mol. The van der Waals surface area contributed by atoms with Crippen LogP contribution in [0.3, 0.4) is 0 Å². The van der Waals surface area contributed by atoms with Gasteiger partial charge in [0.05, 0.1) is 25.5 Å².